The zero-order valence-electron chi connectivity index (χ0n) is 12.2. The van der Waals surface area contributed by atoms with Crippen molar-refractivity contribution in [3.05, 3.63) is 34.9 Å². The van der Waals surface area contributed by atoms with Gasteiger partial charge in [0, 0.05) is 11.6 Å². The number of piperazine rings is 1. The molecule has 0 radical (unpaired) electrons. The van der Waals surface area contributed by atoms with Crippen LogP contribution in [-0.2, 0) is 16.1 Å². The molecule has 1 unspecified atom stereocenters. The lowest BCUT2D eigenvalue weighted by Crippen LogP contribution is -2.68. The van der Waals surface area contributed by atoms with Gasteiger partial charge in [0.05, 0.1) is 0 Å². The summed E-state index contributed by atoms with van der Waals surface area (Å²) in [6, 6.07) is 7.09. The fourth-order valence-corrected chi connectivity index (χ4v) is 3.03. The molecule has 21 heavy (non-hydrogen) atoms. The summed E-state index contributed by atoms with van der Waals surface area (Å²) >= 11 is 5.90. The van der Waals surface area contributed by atoms with E-state index in [9.17, 15) is 9.59 Å². The van der Waals surface area contributed by atoms with Crippen LogP contribution in [0.25, 0.3) is 0 Å². The van der Waals surface area contributed by atoms with Gasteiger partial charge in [-0.25, -0.2) is 0 Å². The van der Waals surface area contributed by atoms with E-state index in [2.05, 4.69) is 5.32 Å². The van der Waals surface area contributed by atoms with E-state index in [0.717, 1.165) is 18.4 Å². The highest BCUT2D eigenvalue weighted by atomic mass is 35.5. The Morgan fingerprint density at radius 1 is 1.24 bits per heavy atom. The lowest BCUT2D eigenvalue weighted by Gasteiger charge is -2.43. The number of benzene rings is 1. The number of carbonyl (C=O) groups is 2. The molecular formula is C16H19ClN2O2. The van der Waals surface area contributed by atoms with E-state index in [1.807, 2.05) is 24.3 Å². The molecule has 112 valence electrons. The van der Waals surface area contributed by atoms with Gasteiger partial charge < -0.3 is 10.2 Å². The Balaban J connectivity index is 1.88. The molecule has 1 saturated heterocycles. The van der Waals surface area contributed by atoms with Crippen LogP contribution in [0.3, 0.4) is 0 Å². The molecule has 2 aliphatic rings. The van der Waals surface area contributed by atoms with Crippen molar-refractivity contribution in [1.29, 1.82) is 0 Å². The maximum Gasteiger partial charge on any atom is 0.248 e. The zero-order valence-corrected chi connectivity index (χ0v) is 13.0. The van der Waals surface area contributed by atoms with Gasteiger partial charge >= 0.3 is 0 Å². The summed E-state index contributed by atoms with van der Waals surface area (Å²) in [5.41, 5.74) is 0.151. The maximum absolute atomic E-state index is 12.7. The standard InChI is InChI=1S/C16H19ClN2O2/c1-16(2)15(21)19(9-10-3-7-12(17)8-4-10)13(11-5-6-11)14(20)18-16/h3-4,7-8,11,13H,5-6,9H2,1-2H3,(H,18,20). The third kappa shape index (κ3) is 2.77. The second kappa shape index (κ2) is 5.02. The van der Waals surface area contributed by atoms with Gasteiger partial charge in [-0.2, -0.15) is 0 Å². The van der Waals surface area contributed by atoms with Crippen molar-refractivity contribution in [1.82, 2.24) is 10.2 Å². The zero-order chi connectivity index (χ0) is 15.2. The summed E-state index contributed by atoms with van der Waals surface area (Å²) in [5, 5.41) is 3.52. The number of nitrogens with one attached hydrogen (secondary N) is 1. The van der Waals surface area contributed by atoms with Gasteiger partial charge in [0.25, 0.3) is 0 Å². The van der Waals surface area contributed by atoms with Crippen LogP contribution < -0.4 is 5.32 Å². The first kappa shape index (κ1) is 14.4. The van der Waals surface area contributed by atoms with Gasteiger partial charge in [0.1, 0.15) is 11.6 Å². The van der Waals surface area contributed by atoms with E-state index >= 15 is 0 Å². The molecule has 4 nitrogen and oxygen atoms in total. The van der Waals surface area contributed by atoms with E-state index < -0.39 is 5.54 Å². The van der Waals surface area contributed by atoms with Crippen LogP contribution in [-0.4, -0.2) is 28.3 Å². The van der Waals surface area contributed by atoms with Crippen LogP contribution in [0.4, 0.5) is 0 Å². The lowest BCUT2D eigenvalue weighted by molar-refractivity contribution is -0.155. The van der Waals surface area contributed by atoms with Gasteiger partial charge in [-0.1, -0.05) is 23.7 Å². The van der Waals surface area contributed by atoms with E-state index in [1.165, 1.54) is 0 Å². The van der Waals surface area contributed by atoms with Gasteiger partial charge in [-0.3, -0.25) is 9.59 Å². The topological polar surface area (TPSA) is 49.4 Å². The Kier molecular flexibility index (Phi) is 3.44. The number of nitrogens with zero attached hydrogens (tertiary/aromatic N) is 1. The van der Waals surface area contributed by atoms with Crippen molar-refractivity contribution in [2.45, 2.75) is 44.8 Å². The second-order valence-electron chi connectivity index (χ2n) is 6.46. The van der Waals surface area contributed by atoms with Crippen molar-refractivity contribution in [3.8, 4) is 0 Å². The van der Waals surface area contributed by atoms with Gasteiger partial charge in [-0.15, -0.1) is 0 Å². The molecule has 0 bridgehead atoms. The number of carbonyl (C=O) groups excluding carboxylic acids is 2. The summed E-state index contributed by atoms with van der Waals surface area (Å²) in [6.45, 7) is 3.96. The van der Waals surface area contributed by atoms with Crippen molar-refractivity contribution >= 4 is 23.4 Å². The Labute approximate surface area is 129 Å². The molecule has 1 aromatic carbocycles. The molecule has 3 rings (SSSR count). The summed E-state index contributed by atoms with van der Waals surface area (Å²) in [4.78, 5) is 26.8. The first-order valence-corrected chi connectivity index (χ1v) is 7.64. The minimum absolute atomic E-state index is 0.0195. The molecule has 1 atom stereocenters. The molecule has 1 aliphatic carbocycles. The number of rotatable bonds is 3. The van der Waals surface area contributed by atoms with E-state index in [1.54, 1.807) is 18.7 Å². The molecule has 1 saturated carbocycles. The molecule has 1 aromatic rings. The highest BCUT2D eigenvalue weighted by molar-refractivity contribution is 6.30. The average Bonchev–Trinajstić information content (AvgIpc) is 3.22. The minimum atomic E-state index is -0.838. The quantitative estimate of drug-likeness (QED) is 0.932. The molecule has 5 heteroatoms. The lowest BCUT2D eigenvalue weighted by atomic mass is 9.94. The van der Waals surface area contributed by atoms with Crippen LogP contribution in [0.1, 0.15) is 32.3 Å². The molecule has 1 N–H and O–H groups in total. The van der Waals surface area contributed by atoms with Gasteiger partial charge in [-0.05, 0) is 50.3 Å². The van der Waals surface area contributed by atoms with Gasteiger partial charge in [0.2, 0.25) is 11.8 Å². The SMILES string of the molecule is CC1(C)NC(=O)C(C2CC2)N(Cc2ccc(Cl)cc2)C1=O. The van der Waals surface area contributed by atoms with Crippen LogP contribution in [0.5, 0.6) is 0 Å². The number of amides is 2. The van der Waals surface area contributed by atoms with E-state index in [-0.39, 0.29) is 17.9 Å². The largest absolute Gasteiger partial charge is 0.340 e. The fourth-order valence-electron chi connectivity index (χ4n) is 2.90. The van der Waals surface area contributed by atoms with Crippen LogP contribution >= 0.6 is 11.6 Å². The summed E-state index contributed by atoms with van der Waals surface area (Å²) in [7, 11) is 0. The summed E-state index contributed by atoms with van der Waals surface area (Å²) < 4.78 is 0. The molecule has 0 spiro atoms. The number of halogens is 1. The monoisotopic (exact) mass is 306 g/mol. The highest BCUT2D eigenvalue weighted by Crippen LogP contribution is 2.38. The highest BCUT2D eigenvalue weighted by Gasteiger charge is 2.50. The average molecular weight is 307 g/mol. The first-order valence-electron chi connectivity index (χ1n) is 7.26. The number of hydrogen-bond acceptors (Lipinski definition) is 2. The van der Waals surface area contributed by atoms with Crippen LogP contribution in [0.15, 0.2) is 24.3 Å². The van der Waals surface area contributed by atoms with Crippen molar-refractivity contribution < 1.29 is 9.59 Å². The number of hydrogen-bond donors (Lipinski definition) is 1. The molecule has 1 aliphatic heterocycles. The van der Waals surface area contributed by atoms with Crippen molar-refractivity contribution in [3.63, 3.8) is 0 Å². The van der Waals surface area contributed by atoms with Crippen LogP contribution in [0.2, 0.25) is 5.02 Å². The molecule has 2 amide bonds. The maximum atomic E-state index is 12.7. The molecule has 1 heterocycles. The Morgan fingerprint density at radius 2 is 1.86 bits per heavy atom. The second-order valence-corrected chi connectivity index (χ2v) is 6.89. The molecular weight excluding hydrogens is 288 g/mol. The third-order valence-corrected chi connectivity index (χ3v) is 4.42. The predicted octanol–water partition coefficient (Wildman–Crippen LogP) is 2.36. The normalized spacial score (nSPS) is 24.9. The minimum Gasteiger partial charge on any atom is -0.340 e. The third-order valence-electron chi connectivity index (χ3n) is 4.17. The Hall–Kier alpha value is -1.55. The first-order chi connectivity index (χ1) is 9.88. The summed E-state index contributed by atoms with van der Waals surface area (Å²) in [5.74, 6) is 0.252. The fraction of sp³-hybridized carbons (Fsp3) is 0.500. The Morgan fingerprint density at radius 3 is 2.43 bits per heavy atom. The van der Waals surface area contributed by atoms with Crippen LogP contribution in [0, 0.1) is 5.92 Å². The molecule has 0 aromatic heterocycles. The van der Waals surface area contributed by atoms with E-state index in [0.29, 0.717) is 17.5 Å². The van der Waals surface area contributed by atoms with Gasteiger partial charge in [0.15, 0.2) is 0 Å². The predicted molar refractivity (Wildman–Crippen MR) is 80.7 cm³/mol. The smallest absolute Gasteiger partial charge is 0.248 e. The molecule has 2 fully saturated rings. The summed E-state index contributed by atoms with van der Waals surface area (Å²) in [6.07, 6.45) is 2.03. The Bertz CT molecular complexity index is 578. The van der Waals surface area contributed by atoms with Crippen molar-refractivity contribution in [2.75, 3.05) is 0 Å². The van der Waals surface area contributed by atoms with E-state index in [4.69, 9.17) is 11.6 Å². The van der Waals surface area contributed by atoms with Crippen molar-refractivity contribution in [2.24, 2.45) is 5.92 Å².